The molecule has 1 aromatic rings. The SMILES string of the molecule is CNC(C)CNS(=O)(=O)c1cc(C)c(OC)c(C)c1.Cl. The summed E-state index contributed by atoms with van der Waals surface area (Å²) < 4.78 is 32.2. The molecule has 1 aromatic carbocycles. The van der Waals surface area contributed by atoms with Crippen LogP contribution >= 0.6 is 12.4 Å². The van der Waals surface area contributed by atoms with Crippen molar-refractivity contribution < 1.29 is 13.2 Å². The summed E-state index contributed by atoms with van der Waals surface area (Å²) in [5.74, 6) is 0.725. The second-order valence-electron chi connectivity index (χ2n) is 4.63. The minimum atomic E-state index is -3.48. The number of benzene rings is 1. The zero-order valence-corrected chi connectivity index (χ0v) is 14.1. The second kappa shape index (κ2) is 7.83. The van der Waals surface area contributed by atoms with Crippen molar-refractivity contribution in [3.63, 3.8) is 0 Å². The first-order valence-electron chi connectivity index (χ1n) is 6.14. The smallest absolute Gasteiger partial charge is 0.240 e. The number of rotatable bonds is 6. The van der Waals surface area contributed by atoms with Crippen LogP contribution < -0.4 is 14.8 Å². The van der Waals surface area contributed by atoms with Crippen molar-refractivity contribution in [2.24, 2.45) is 0 Å². The molecule has 1 atom stereocenters. The molecule has 7 heteroatoms. The Morgan fingerprint density at radius 3 is 2.15 bits per heavy atom. The largest absolute Gasteiger partial charge is 0.496 e. The van der Waals surface area contributed by atoms with Crippen LogP contribution in [0, 0.1) is 13.8 Å². The molecule has 0 saturated carbocycles. The molecular formula is C13H23ClN2O3S. The van der Waals surface area contributed by atoms with Gasteiger partial charge in [-0.05, 0) is 51.1 Å². The Morgan fingerprint density at radius 1 is 1.25 bits per heavy atom. The maximum absolute atomic E-state index is 12.2. The molecule has 1 rings (SSSR count). The first-order chi connectivity index (χ1) is 8.81. The molecule has 116 valence electrons. The zero-order chi connectivity index (χ0) is 14.6. The summed E-state index contributed by atoms with van der Waals surface area (Å²) in [5, 5.41) is 2.98. The highest BCUT2D eigenvalue weighted by atomic mass is 35.5. The van der Waals surface area contributed by atoms with Crippen molar-refractivity contribution in [3.05, 3.63) is 23.3 Å². The average molecular weight is 323 g/mol. The molecule has 0 heterocycles. The molecule has 0 aliphatic rings. The van der Waals surface area contributed by atoms with Crippen LogP contribution in [0.2, 0.25) is 0 Å². The molecule has 0 amide bonds. The van der Waals surface area contributed by atoms with E-state index in [1.54, 1.807) is 26.3 Å². The lowest BCUT2D eigenvalue weighted by Gasteiger charge is -2.14. The molecule has 0 aliphatic heterocycles. The normalized spacial score (nSPS) is 12.7. The molecule has 0 spiro atoms. The van der Waals surface area contributed by atoms with Crippen LogP contribution in [0.3, 0.4) is 0 Å². The van der Waals surface area contributed by atoms with E-state index in [1.807, 2.05) is 20.8 Å². The van der Waals surface area contributed by atoms with Gasteiger partial charge in [-0.3, -0.25) is 0 Å². The molecule has 0 fully saturated rings. The fourth-order valence-electron chi connectivity index (χ4n) is 1.81. The number of likely N-dealkylation sites (N-methyl/N-ethyl adjacent to an activating group) is 1. The minimum Gasteiger partial charge on any atom is -0.496 e. The average Bonchev–Trinajstić information content (AvgIpc) is 2.35. The van der Waals surface area contributed by atoms with E-state index < -0.39 is 10.0 Å². The third-order valence-electron chi connectivity index (χ3n) is 3.02. The summed E-state index contributed by atoms with van der Waals surface area (Å²) >= 11 is 0. The van der Waals surface area contributed by atoms with E-state index in [0.29, 0.717) is 6.54 Å². The number of aryl methyl sites for hydroxylation is 2. The van der Waals surface area contributed by atoms with Gasteiger partial charge in [0.05, 0.1) is 12.0 Å². The molecule has 0 radical (unpaired) electrons. The lowest BCUT2D eigenvalue weighted by atomic mass is 10.1. The van der Waals surface area contributed by atoms with Gasteiger partial charge in [-0.25, -0.2) is 13.1 Å². The molecule has 20 heavy (non-hydrogen) atoms. The topological polar surface area (TPSA) is 67.4 Å². The number of halogens is 1. The molecule has 0 saturated heterocycles. The minimum absolute atomic E-state index is 0. The Hall–Kier alpha value is -0.820. The van der Waals surface area contributed by atoms with Gasteiger partial charge in [0, 0.05) is 12.6 Å². The highest BCUT2D eigenvalue weighted by molar-refractivity contribution is 7.89. The highest BCUT2D eigenvalue weighted by Gasteiger charge is 2.17. The summed E-state index contributed by atoms with van der Waals surface area (Å²) in [5.41, 5.74) is 1.62. The Bertz CT molecular complexity index is 524. The molecule has 0 bridgehead atoms. The summed E-state index contributed by atoms with van der Waals surface area (Å²) in [4.78, 5) is 0.270. The summed E-state index contributed by atoms with van der Waals surface area (Å²) in [6.07, 6.45) is 0. The van der Waals surface area contributed by atoms with Gasteiger partial charge in [0.2, 0.25) is 10.0 Å². The van der Waals surface area contributed by atoms with E-state index >= 15 is 0 Å². The monoisotopic (exact) mass is 322 g/mol. The number of hydrogen-bond acceptors (Lipinski definition) is 4. The zero-order valence-electron chi connectivity index (χ0n) is 12.5. The Balaban J connectivity index is 0.00000361. The van der Waals surface area contributed by atoms with E-state index in [4.69, 9.17) is 4.74 Å². The van der Waals surface area contributed by atoms with Crippen LogP contribution in [-0.2, 0) is 10.0 Å². The maximum atomic E-state index is 12.2. The summed E-state index contributed by atoms with van der Waals surface area (Å²) in [6, 6.07) is 3.33. The fraction of sp³-hybridized carbons (Fsp3) is 0.538. The third kappa shape index (κ3) is 4.63. The number of hydrogen-bond donors (Lipinski definition) is 2. The number of ether oxygens (including phenoxy) is 1. The van der Waals surface area contributed by atoms with Gasteiger partial charge in [0.25, 0.3) is 0 Å². The van der Waals surface area contributed by atoms with Crippen molar-refractivity contribution in [2.75, 3.05) is 20.7 Å². The first kappa shape index (κ1) is 19.2. The van der Waals surface area contributed by atoms with Crippen LogP contribution in [0.25, 0.3) is 0 Å². The van der Waals surface area contributed by atoms with Crippen molar-refractivity contribution in [1.29, 1.82) is 0 Å². The van der Waals surface area contributed by atoms with Gasteiger partial charge in [0.1, 0.15) is 5.75 Å². The van der Waals surface area contributed by atoms with Crippen molar-refractivity contribution >= 4 is 22.4 Å². The lowest BCUT2D eigenvalue weighted by molar-refractivity contribution is 0.408. The van der Waals surface area contributed by atoms with Crippen molar-refractivity contribution in [1.82, 2.24) is 10.0 Å². The molecule has 5 nitrogen and oxygen atoms in total. The molecule has 0 aromatic heterocycles. The summed E-state index contributed by atoms with van der Waals surface area (Å²) in [7, 11) is -0.109. The molecule has 0 aliphatic carbocycles. The van der Waals surface area contributed by atoms with E-state index in [-0.39, 0.29) is 23.3 Å². The Morgan fingerprint density at radius 2 is 1.75 bits per heavy atom. The molecule has 2 N–H and O–H groups in total. The Labute approximate surface area is 127 Å². The van der Waals surface area contributed by atoms with E-state index in [2.05, 4.69) is 10.0 Å². The first-order valence-corrected chi connectivity index (χ1v) is 7.62. The van der Waals surface area contributed by atoms with Crippen molar-refractivity contribution in [2.45, 2.75) is 31.7 Å². The highest BCUT2D eigenvalue weighted by Crippen LogP contribution is 2.26. The van der Waals surface area contributed by atoms with E-state index in [0.717, 1.165) is 16.9 Å². The predicted octanol–water partition coefficient (Wildman–Crippen LogP) is 1.62. The van der Waals surface area contributed by atoms with E-state index in [1.165, 1.54) is 0 Å². The summed E-state index contributed by atoms with van der Waals surface area (Å²) in [6.45, 7) is 5.93. The molecular weight excluding hydrogens is 300 g/mol. The van der Waals surface area contributed by atoms with Gasteiger partial charge in [0.15, 0.2) is 0 Å². The maximum Gasteiger partial charge on any atom is 0.240 e. The number of nitrogens with one attached hydrogen (secondary N) is 2. The van der Waals surface area contributed by atoms with Gasteiger partial charge < -0.3 is 10.1 Å². The van der Waals surface area contributed by atoms with Gasteiger partial charge in [-0.2, -0.15) is 0 Å². The second-order valence-corrected chi connectivity index (χ2v) is 6.40. The van der Waals surface area contributed by atoms with E-state index in [9.17, 15) is 8.42 Å². The standard InChI is InChI=1S/C13H22N2O3S.ClH/c1-9-6-12(7-10(2)13(9)18-5)19(16,17)15-8-11(3)14-4;/h6-7,11,14-15H,8H2,1-5H3;1H. The van der Waals surface area contributed by atoms with Crippen LogP contribution in [0.15, 0.2) is 17.0 Å². The lowest BCUT2D eigenvalue weighted by Crippen LogP contribution is -2.37. The van der Waals surface area contributed by atoms with Crippen molar-refractivity contribution in [3.8, 4) is 5.75 Å². The van der Waals surface area contributed by atoms with Crippen LogP contribution in [0.1, 0.15) is 18.1 Å². The molecule has 1 unspecified atom stereocenters. The number of sulfonamides is 1. The third-order valence-corrected chi connectivity index (χ3v) is 4.42. The fourth-order valence-corrected chi connectivity index (χ4v) is 3.11. The Kier molecular flexibility index (Phi) is 7.51. The number of methoxy groups -OCH3 is 1. The quantitative estimate of drug-likeness (QED) is 0.835. The van der Waals surface area contributed by atoms with Gasteiger partial charge in [-0.15, -0.1) is 12.4 Å². The van der Waals surface area contributed by atoms with Crippen LogP contribution in [0.4, 0.5) is 0 Å². The van der Waals surface area contributed by atoms with Gasteiger partial charge in [-0.1, -0.05) is 0 Å². The van der Waals surface area contributed by atoms with Crippen LogP contribution in [-0.4, -0.2) is 35.2 Å². The van der Waals surface area contributed by atoms with Gasteiger partial charge >= 0.3 is 0 Å². The van der Waals surface area contributed by atoms with Crippen LogP contribution in [0.5, 0.6) is 5.75 Å². The predicted molar refractivity (Wildman–Crippen MR) is 83.4 cm³/mol.